The molecule has 5 nitrogen and oxygen atoms in total. The van der Waals surface area contributed by atoms with Crippen molar-refractivity contribution in [1.29, 1.82) is 0 Å². The fourth-order valence-corrected chi connectivity index (χ4v) is 4.30. The highest BCUT2D eigenvalue weighted by atomic mass is 16.5. The summed E-state index contributed by atoms with van der Waals surface area (Å²) in [6, 6.07) is 14.0. The standard InChI is InChI=1S/C25H30N2O3/c1-16-9-10-23(20(11-16)25(2,3)4)30-15-24(29)27-13-22-19(12-17(27)14-28)18-7-5-6-8-21(18)26-22/h5-11,17,26,28H,12-15H2,1-4H3. The third-order valence-corrected chi connectivity index (χ3v) is 5.94. The quantitative estimate of drug-likeness (QED) is 0.686. The van der Waals surface area contributed by atoms with Gasteiger partial charge < -0.3 is 19.7 Å². The van der Waals surface area contributed by atoms with Crippen LogP contribution in [0.2, 0.25) is 0 Å². The number of hydrogen-bond donors (Lipinski definition) is 2. The molecule has 1 unspecified atom stereocenters. The van der Waals surface area contributed by atoms with Gasteiger partial charge in [0.2, 0.25) is 0 Å². The fourth-order valence-electron chi connectivity index (χ4n) is 4.30. The zero-order chi connectivity index (χ0) is 21.5. The van der Waals surface area contributed by atoms with E-state index in [0.717, 1.165) is 22.5 Å². The number of nitrogens with zero attached hydrogens (tertiary/aromatic N) is 1. The maximum atomic E-state index is 13.1. The lowest BCUT2D eigenvalue weighted by molar-refractivity contribution is -0.138. The molecular weight excluding hydrogens is 376 g/mol. The highest BCUT2D eigenvalue weighted by Crippen LogP contribution is 2.33. The van der Waals surface area contributed by atoms with Crippen LogP contribution in [0.4, 0.5) is 0 Å². The Bertz CT molecular complexity index is 1080. The molecule has 0 saturated carbocycles. The van der Waals surface area contributed by atoms with Crippen LogP contribution in [0, 0.1) is 6.92 Å². The second kappa shape index (κ2) is 7.80. The number of aliphatic hydroxyl groups is 1. The minimum absolute atomic E-state index is 0.0434. The molecule has 0 saturated heterocycles. The van der Waals surface area contributed by atoms with Crippen molar-refractivity contribution in [2.75, 3.05) is 13.2 Å². The van der Waals surface area contributed by atoms with Crippen molar-refractivity contribution in [3.63, 3.8) is 0 Å². The topological polar surface area (TPSA) is 65.6 Å². The molecular formula is C25H30N2O3. The number of benzene rings is 2. The molecule has 2 heterocycles. The number of H-pyrrole nitrogens is 1. The Morgan fingerprint density at radius 2 is 2.00 bits per heavy atom. The van der Waals surface area contributed by atoms with Gasteiger partial charge in [-0.25, -0.2) is 0 Å². The number of rotatable bonds is 4. The second-order valence-electron chi connectivity index (χ2n) is 9.23. The highest BCUT2D eigenvalue weighted by molar-refractivity contribution is 5.86. The van der Waals surface area contributed by atoms with Crippen molar-refractivity contribution in [3.05, 3.63) is 64.8 Å². The Hall–Kier alpha value is -2.79. The number of aliphatic hydroxyl groups excluding tert-OH is 1. The molecule has 0 radical (unpaired) electrons. The van der Waals surface area contributed by atoms with Crippen LogP contribution in [0.3, 0.4) is 0 Å². The summed E-state index contributed by atoms with van der Waals surface area (Å²) in [5, 5.41) is 11.1. The summed E-state index contributed by atoms with van der Waals surface area (Å²) in [7, 11) is 0. The number of aromatic nitrogens is 1. The minimum Gasteiger partial charge on any atom is -0.483 e. The molecule has 1 atom stereocenters. The first-order valence-corrected chi connectivity index (χ1v) is 10.5. The average molecular weight is 407 g/mol. The lowest BCUT2D eigenvalue weighted by Gasteiger charge is -2.35. The molecule has 0 spiro atoms. The summed E-state index contributed by atoms with van der Waals surface area (Å²) in [6.07, 6.45) is 0.638. The number of ether oxygens (including phenoxy) is 1. The van der Waals surface area contributed by atoms with E-state index in [1.54, 1.807) is 4.90 Å². The summed E-state index contributed by atoms with van der Waals surface area (Å²) < 4.78 is 5.99. The zero-order valence-electron chi connectivity index (χ0n) is 18.2. The summed E-state index contributed by atoms with van der Waals surface area (Å²) in [5.41, 5.74) is 5.48. The van der Waals surface area contributed by atoms with Crippen molar-refractivity contribution < 1.29 is 14.6 Å². The number of nitrogens with one attached hydrogen (secondary N) is 1. The predicted octanol–water partition coefficient (Wildman–Crippen LogP) is 4.10. The van der Waals surface area contributed by atoms with E-state index >= 15 is 0 Å². The van der Waals surface area contributed by atoms with Crippen LogP contribution in [0.25, 0.3) is 10.9 Å². The van der Waals surface area contributed by atoms with E-state index in [1.165, 1.54) is 16.5 Å². The molecule has 158 valence electrons. The molecule has 1 aromatic heterocycles. The monoisotopic (exact) mass is 406 g/mol. The molecule has 2 N–H and O–H groups in total. The van der Waals surface area contributed by atoms with Crippen molar-refractivity contribution >= 4 is 16.8 Å². The molecule has 1 aliphatic heterocycles. The zero-order valence-corrected chi connectivity index (χ0v) is 18.2. The number of para-hydroxylation sites is 1. The molecule has 2 aromatic carbocycles. The van der Waals surface area contributed by atoms with Crippen LogP contribution < -0.4 is 4.74 Å². The summed E-state index contributed by atoms with van der Waals surface area (Å²) >= 11 is 0. The lowest BCUT2D eigenvalue weighted by atomic mass is 9.85. The van der Waals surface area contributed by atoms with Gasteiger partial charge in [0.05, 0.1) is 19.2 Å². The Kier molecular flexibility index (Phi) is 5.33. The first kappa shape index (κ1) is 20.5. The van der Waals surface area contributed by atoms with Gasteiger partial charge >= 0.3 is 0 Å². The van der Waals surface area contributed by atoms with E-state index in [0.29, 0.717) is 13.0 Å². The van der Waals surface area contributed by atoms with E-state index in [4.69, 9.17) is 4.74 Å². The van der Waals surface area contributed by atoms with Crippen LogP contribution >= 0.6 is 0 Å². The summed E-state index contributed by atoms with van der Waals surface area (Å²) in [4.78, 5) is 18.2. The molecule has 5 heteroatoms. The summed E-state index contributed by atoms with van der Waals surface area (Å²) in [5.74, 6) is 0.629. The van der Waals surface area contributed by atoms with E-state index in [-0.39, 0.29) is 30.6 Å². The Morgan fingerprint density at radius 3 is 2.73 bits per heavy atom. The smallest absolute Gasteiger partial charge is 0.261 e. The van der Waals surface area contributed by atoms with Crippen molar-refractivity contribution in [3.8, 4) is 5.75 Å². The summed E-state index contributed by atoms with van der Waals surface area (Å²) in [6.45, 7) is 8.82. The van der Waals surface area contributed by atoms with Crippen molar-refractivity contribution in [1.82, 2.24) is 9.88 Å². The van der Waals surface area contributed by atoms with Crippen molar-refractivity contribution in [2.45, 2.75) is 52.1 Å². The average Bonchev–Trinajstić information content (AvgIpc) is 3.08. The van der Waals surface area contributed by atoms with Gasteiger partial charge in [-0.05, 0) is 42.0 Å². The highest BCUT2D eigenvalue weighted by Gasteiger charge is 2.32. The van der Waals surface area contributed by atoms with Gasteiger partial charge in [0.25, 0.3) is 5.91 Å². The van der Waals surface area contributed by atoms with Crippen LogP contribution in [0.5, 0.6) is 5.75 Å². The maximum absolute atomic E-state index is 13.1. The van der Waals surface area contributed by atoms with Gasteiger partial charge in [0, 0.05) is 16.6 Å². The number of fused-ring (bicyclic) bond motifs is 3. The van der Waals surface area contributed by atoms with Gasteiger partial charge in [-0.15, -0.1) is 0 Å². The molecule has 1 aliphatic rings. The number of aromatic amines is 1. The SMILES string of the molecule is Cc1ccc(OCC(=O)N2Cc3[nH]c4ccccc4c3CC2CO)c(C(C)(C)C)c1. The van der Waals surface area contributed by atoms with Gasteiger partial charge in [0.1, 0.15) is 5.75 Å². The van der Waals surface area contributed by atoms with Crippen LogP contribution in [0.1, 0.15) is 43.2 Å². The van der Waals surface area contributed by atoms with Crippen LogP contribution in [-0.4, -0.2) is 40.2 Å². The fraction of sp³-hybridized carbons (Fsp3) is 0.400. The number of aryl methyl sites for hydroxylation is 1. The third kappa shape index (κ3) is 3.82. The number of carbonyl (C=O) groups excluding carboxylic acids is 1. The molecule has 30 heavy (non-hydrogen) atoms. The Balaban J connectivity index is 1.54. The van der Waals surface area contributed by atoms with Crippen molar-refractivity contribution in [2.24, 2.45) is 0 Å². The van der Waals surface area contributed by atoms with Gasteiger partial charge in [-0.2, -0.15) is 0 Å². The normalized spacial score (nSPS) is 16.6. The largest absolute Gasteiger partial charge is 0.483 e. The van der Waals surface area contributed by atoms with Gasteiger partial charge in [-0.3, -0.25) is 4.79 Å². The van der Waals surface area contributed by atoms with E-state index < -0.39 is 0 Å². The molecule has 4 rings (SSSR count). The second-order valence-corrected chi connectivity index (χ2v) is 9.23. The molecule has 3 aromatic rings. The molecule has 1 amide bonds. The first-order chi connectivity index (χ1) is 14.3. The molecule has 0 aliphatic carbocycles. The first-order valence-electron chi connectivity index (χ1n) is 10.5. The van der Waals surface area contributed by atoms with E-state index in [9.17, 15) is 9.90 Å². The van der Waals surface area contributed by atoms with Crippen LogP contribution in [-0.2, 0) is 23.2 Å². The number of carbonyl (C=O) groups is 1. The Morgan fingerprint density at radius 1 is 1.23 bits per heavy atom. The minimum atomic E-state index is -0.243. The van der Waals surface area contributed by atoms with Crippen LogP contribution in [0.15, 0.2) is 42.5 Å². The third-order valence-electron chi connectivity index (χ3n) is 5.94. The molecule has 0 bridgehead atoms. The number of hydrogen-bond acceptors (Lipinski definition) is 3. The van der Waals surface area contributed by atoms with E-state index in [2.05, 4.69) is 44.8 Å². The maximum Gasteiger partial charge on any atom is 0.261 e. The Labute approximate surface area is 177 Å². The van der Waals surface area contributed by atoms with Gasteiger partial charge in [-0.1, -0.05) is 56.7 Å². The number of amides is 1. The lowest BCUT2D eigenvalue weighted by Crippen LogP contribution is -2.48. The predicted molar refractivity (Wildman–Crippen MR) is 119 cm³/mol. The van der Waals surface area contributed by atoms with Gasteiger partial charge in [0.15, 0.2) is 6.61 Å². The molecule has 0 fully saturated rings. The van der Waals surface area contributed by atoms with E-state index in [1.807, 2.05) is 30.3 Å².